The first-order valence-electron chi connectivity index (χ1n) is 8.25. The van der Waals surface area contributed by atoms with Crippen molar-refractivity contribution in [3.05, 3.63) is 77.9 Å². The second-order valence-electron chi connectivity index (χ2n) is 5.39. The van der Waals surface area contributed by atoms with Crippen molar-refractivity contribution in [3.8, 4) is 23.7 Å². The van der Waals surface area contributed by atoms with Crippen molar-refractivity contribution in [3.63, 3.8) is 0 Å². The molecule has 0 unspecified atom stereocenters. The van der Waals surface area contributed by atoms with Crippen molar-refractivity contribution in [2.24, 2.45) is 0 Å². The Hall–Kier alpha value is -3.50. The van der Waals surface area contributed by atoms with Gasteiger partial charge in [-0.2, -0.15) is 5.26 Å². The van der Waals surface area contributed by atoms with E-state index in [0.29, 0.717) is 18.8 Å². The molecule has 0 saturated carbocycles. The Balaban J connectivity index is 1.76. The minimum atomic E-state index is -0.399. The highest BCUT2D eigenvalue weighted by atomic mass is 16.5. The van der Waals surface area contributed by atoms with E-state index in [4.69, 9.17) is 14.7 Å². The van der Waals surface area contributed by atoms with Crippen LogP contribution in [-0.4, -0.2) is 19.2 Å². The van der Waals surface area contributed by atoms with Crippen LogP contribution in [0.1, 0.15) is 29.5 Å². The maximum atomic E-state index is 10.9. The largest absolute Gasteiger partial charge is 0.494 e. The lowest BCUT2D eigenvalue weighted by molar-refractivity contribution is -0.137. The topological polar surface area (TPSA) is 59.3 Å². The number of benzene rings is 2. The highest BCUT2D eigenvalue weighted by Crippen LogP contribution is 2.12. The van der Waals surface area contributed by atoms with Crippen LogP contribution in [0.3, 0.4) is 0 Å². The minimum absolute atomic E-state index is 0.373. The third kappa shape index (κ3) is 6.55. The molecule has 0 atom stereocenters. The van der Waals surface area contributed by atoms with Gasteiger partial charge < -0.3 is 9.47 Å². The number of carbonyl (C=O) groups excluding carboxylic acids is 1. The third-order valence-corrected chi connectivity index (χ3v) is 3.44. The van der Waals surface area contributed by atoms with E-state index in [1.165, 1.54) is 0 Å². The Bertz CT molecular complexity index is 834. The molecule has 0 N–H and O–H groups in total. The summed E-state index contributed by atoms with van der Waals surface area (Å²) in [4.78, 5) is 10.9. The number of hydrogen-bond donors (Lipinski definition) is 0. The van der Waals surface area contributed by atoms with E-state index in [1.54, 1.807) is 12.1 Å². The zero-order valence-electron chi connectivity index (χ0n) is 14.4. The van der Waals surface area contributed by atoms with Gasteiger partial charge in [0.25, 0.3) is 0 Å². The third-order valence-electron chi connectivity index (χ3n) is 3.44. The number of esters is 1. The summed E-state index contributed by atoms with van der Waals surface area (Å²) in [5.41, 5.74) is 2.37. The van der Waals surface area contributed by atoms with Gasteiger partial charge in [0.1, 0.15) is 5.75 Å². The first-order valence-corrected chi connectivity index (χ1v) is 8.25. The Morgan fingerprint density at radius 2 is 1.46 bits per heavy atom. The van der Waals surface area contributed by atoms with E-state index >= 15 is 0 Å². The Morgan fingerprint density at radius 3 is 2.04 bits per heavy atom. The number of carbonyl (C=O) groups is 1. The van der Waals surface area contributed by atoms with Crippen molar-refractivity contribution in [1.29, 1.82) is 5.26 Å². The molecule has 0 heterocycles. The van der Waals surface area contributed by atoms with Crippen LogP contribution in [0.5, 0.6) is 5.75 Å². The molecule has 0 saturated heterocycles. The number of rotatable bonds is 7. The second-order valence-corrected chi connectivity index (χ2v) is 5.39. The average molecular weight is 345 g/mol. The number of nitrogens with zero attached hydrogens (tertiary/aromatic N) is 1. The van der Waals surface area contributed by atoms with Gasteiger partial charge in [-0.15, -0.1) is 0 Å². The fourth-order valence-electron chi connectivity index (χ4n) is 2.03. The van der Waals surface area contributed by atoms with Crippen molar-refractivity contribution in [2.75, 3.05) is 13.2 Å². The van der Waals surface area contributed by atoms with E-state index in [-0.39, 0.29) is 0 Å². The summed E-state index contributed by atoms with van der Waals surface area (Å²) >= 11 is 0. The number of nitriles is 1. The predicted octanol–water partition coefficient (Wildman–Crippen LogP) is 3.85. The van der Waals surface area contributed by atoms with E-state index < -0.39 is 5.97 Å². The number of unbranched alkanes of at least 4 members (excludes halogenated alkanes) is 1. The standard InChI is InChI=1S/C22H19NO3/c1-2-22(24)26-16-4-3-15-25-21-13-11-19(12-14-21)6-5-18-7-9-20(17-23)10-8-18/h2,7-14H,1,3-4,15-16H2. The van der Waals surface area contributed by atoms with Crippen molar-refractivity contribution in [1.82, 2.24) is 0 Å². The monoisotopic (exact) mass is 345 g/mol. The molecule has 0 aliphatic carbocycles. The zero-order valence-corrected chi connectivity index (χ0v) is 14.4. The molecule has 130 valence electrons. The van der Waals surface area contributed by atoms with Crippen LogP contribution in [0.4, 0.5) is 0 Å². The van der Waals surface area contributed by atoms with Crippen LogP contribution in [0.15, 0.2) is 61.2 Å². The molecule has 2 aromatic rings. The molecule has 4 nitrogen and oxygen atoms in total. The van der Waals surface area contributed by atoms with Crippen molar-refractivity contribution in [2.45, 2.75) is 12.8 Å². The molecule has 0 radical (unpaired) electrons. The summed E-state index contributed by atoms with van der Waals surface area (Å²) in [7, 11) is 0. The summed E-state index contributed by atoms with van der Waals surface area (Å²) in [5.74, 6) is 6.52. The molecule has 2 rings (SSSR count). The molecule has 2 aromatic carbocycles. The molecule has 0 aromatic heterocycles. The quantitative estimate of drug-likeness (QED) is 0.331. The van der Waals surface area contributed by atoms with Crippen LogP contribution in [0.25, 0.3) is 0 Å². The van der Waals surface area contributed by atoms with Gasteiger partial charge in [0.05, 0.1) is 24.8 Å². The summed E-state index contributed by atoms with van der Waals surface area (Å²) in [6, 6.07) is 16.8. The Morgan fingerprint density at radius 1 is 0.923 bits per heavy atom. The molecule has 26 heavy (non-hydrogen) atoms. The lowest BCUT2D eigenvalue weighted by Gasteiger charge is -2.06. The van der Waals surface area contributed by atoms with Crippen molar-refractivity contribution < 1.29 is 14.3 Å². The van der Waals surface area contributed by atoms with Crippen LogP contribution in [0.2, 0.25) is 0 Å². The van der Waals surface area contributed by atoms with Crippen LogP contribution in [-0.2, 0) is 9.53 Å². The van der Waals surface area contributed by atoms with Gasteiger partial charge >= 0.3 is 5.97 Å². The van der Waals surface area contributed by atoms with E-state index in [0.717, 1.165) is 35.8 Å². The van der Waals surface area contributed by atoms with E-state index in [9.17, 15) is 4.79 Å². The van der Waals surface area contributed by atoms with Gasteiger partial charge in [0.2, 0.25) is 0 Å². The molecular formula is C22H19NO3. The summed E-state index contributed by atoms with van der Waals surface area (Å²) in [5, 5.41) is 8.78. The van der Waals surface area contributed by atoms with Gasteiger partial charge in [-0.25, -0.2) is 4.79 Å². The summed E-state index contributed by atoms with van der Waals surface area (Å²) in [6.07, 6.45) is 2.70. The van der Waals surface area contributed by atoms with Crippen molar-refractivity contribution >= 4 is 5.97 Å². The molecule has 0 amide bonds. The van der Waals surface area contributed by atoms with Crippen LogP contribution < -0.4 is 4.74 Å². The minimum Gasteiger partial charge on any atom is -0.494 e. The lowest BCUT2D eigenvalue weighted by atomic mass is 10.1. The highest BCUT2D eigenvalue weighted by molar-refractivity contribution is 5.81. The highest BCUT2D eigenvalue weighted by Gasteiger charge is 1.97. The molecule has 0 aliphatic heterocycles. The Kier molecular flexibility index (Phi) is 7.52. The summed E-state index contributed by atoms with van der Waals surface area (Å²) in [6.45, 7) is 4.27. The van der Waals surface area contributed by atoms with Crippen LogP contribution >= 0.6 is 0 Å². The maximum absolute atomic E-state index is 10.9. The molecule has 0 aliphatic rings. The van der Waals surface area contributed by atoms with Gasteiger partial charge in [-0.3, -0.25) is 0 Å². The molecule has 0 spiro atoms. The first kappa shape index (κ1) is 18.8. The SMILES string of the molecule is C=CC(=O)OCCCCOc1ccc(C#Cc2ccc(C#N)cc2)cc1. The summed E-state index contributed by atoms with van der Waals surface area (Å²) < 4.78 is 10.5. The number of hydrogen-bond acceptors (Lipinski definition) is 4. The smallest absolute Gasteiger partial charge is 0.330 e. The second kappa shape index (κ2) is 10.4. The normalized spacial score (nSPS) is 9.35. The fraction of sp³-hybridized carbons (Fsp3) is 0.182. The van der Waals surface area contributed by atoms with E-state index in [2.05, 4.69) is 24.5 Å². The average Bonchev–Trinajstić information content (AvgIpc) is 2.70. The van der Waals surface area contributed by atoms with Gasteiger partial charge in [0, 0.05) is 17.2 Å². The van der Waals surface area contributed by atoms with Gasteiger partial charge in [0.15, 0.2) is 0 Å². The lowest BCUT2D eigenvalue weighted by Crippen LogP contribution is -2.04. The van der Waals surface area contributed by atoms with Crippen LogP contribution in [0, 0.1) is 23.2 Å². The van der Waals surface area contributed by atoms with Gasteiger partial charge in [-0.05, 0) is 61.4 Å². The Labute approximate surface area is 153 Å². The van der Waals surface area contributed by atoms with Gasteiger partial charge in [-0.1, -0.05) is 18.4 Å². The maximum Gasteiger partial charge on any atom is 0.330 e. The molecule has 0 fully saturated rings. The zero-order chi connectivity index (χ0) is 18.6. The van der Waals surface area contributed by atoms with E-state index in [1.807, 2.05) is 36.4 Å². The first-order chi connectivity index (χ1) is 12.7. The number of ether oxygens (including phenoxy) is 2. The molecule has 4 heteroatoms. The molecule has 0 bridgehead atoms. The molecular weight excluding hydrogens is 326 g/mol. The predicted molar refractivity (Wildman–Crippen MR) is 99.5 cm³/mol. The fourth-order valence-corrected chi connectivity index (χ4v) is 2.03.